The van der Waals surface area contributed by atoms with Crippen molar-refractivity contribution in [2.24, 2.45) is 5.73 Å². The van der Waals surface area contributed by atoms with E-state index in [1.807, 2.05) is 0 Å². The number of carbonyl (C=O) groups is 3. The Morgan fingerprint density at radius 2 is 1.71 bits per heavy atom. The molecule has 0 aromatic heterocycles. The molecule has 5 nitrogen and oxygen atoms in total. The van der Waals surface area contributed by atoms with Crippen LogP contribution >= 0.6 is 0 Å². The molecule has 0 aliphatic rings. The molecule has 2 N–H and O–H groups in total. The topological polar surface area (TPSA) is 86.5 Å². The van der Waals surface area contributed by atoms with Gasteiger partial charge in [0, 0.05) is 6.08 Å². The van der Waals surface area contributed by atoms with Crippen LogP contribution in [0.2, 0.25) is 0 Å². The minimum Gasteiger partial charge on any atom is -0.455 e. The van der Waals surface area contributed by atoms with E-state index in [0.717, 1.165) is 12.2 Å². The molecule has 0 bridgehead atoms. The largest absolute Gasteiger partial charge is 0.455 e. The van der Waals surface area contributed by atoms with Crippen molar-refractivity contribution in [2.45, 2.75) is 6.92 Å². The first-order valence-corrected chi connectivity index (χ1v) is 3.64. The first-order valence-electron chi connectivity index (χ1n) is 3.64. The second kappa shape index (κ2) is 9.18. The fraction of sp³-hybridized carbons (Fsp3) is 0.222. The molecule has 0 heterocycles. The fourth-order valence-corrected chi connectivity index (χ4v) is 0.232. The zero-order chi connectivity index (χ0) is 11.6. The van der Waals surface area contributed by atoms with E-state index < -0.39 is 11.9 Å². The van der Waals surface area contributed by atoms with Crippen molar-refractivity contribution in [2.75, 3.05) is 6.61 Å². The van der Waals surface area contributed by atoms with Crippen LogP contribution in [-0.4, -0.2) is 24.3 Å². The summed E-state index contributed by atoms with van der Waals surface area (Å²) in [4.78, 5) is 29.8. The van der Waals surface area contributed by atoms with Crippen LogP contribution in [0.3, 0.4) is 0 Å². The molecular weight excluding hydrogens is 186 g/mol. The molecule has 14 heavy (non-hydrogen) atoms. The van der Waals surface area contributed by atoms with Crippen molar-refractivity contribution in [1.82, 2.24) is 0 Å². The molecule has 0 aliphatic carbocycles. The maximum atomic E-state index is 10.2. The van der Waals surface area contributed by atoms with E-state index in [1.54, 1.807) is 0 Å². The van der Waals surface area contributed by atoms with Crippen LogP contribution in [0.4, 0.5) is 0 Å². The highest BCUT2D eigenvalue weighted by molar-refractivity contribution is 5.85. The Morgan fingerprint density at radius 3 is 1.93 bits per heavy atom. The molecule has 0 radical (unpaired) electrons. The van der Waals surface area contributed by atoms with Gasteiger partial charge in [0.05, 0.1) is 0 Å². The first kappa shape index (κ1) is 14.6. The summed E-state index contributed by atoms with van der Waals surface area (Å²) in [5, 5.41) is 0. The molecule has 0 atom stereocenters. The zero-order valence-corrected chi connectivity index (χ0v) is 7.99. The van der Waals surface area contributed by atoms with Gasteiger partial charge in [-0.2, -0.15) is 0 Å². The van der Waals surface area contributed by atoms with Crippen LogP contribution in [0.5, 0.6) is 0 Å². The number of nitrogens with two attached hydrogens (primary N) is 1. The summed E-state index contributed by atoms with van der Waals surface area (Å²) in [6, 6.07) is 0. The van der Waals surface area contributed by atoms with E-state index in [9.17, 15) is 14.4 Å². The molecular formula is C9H13NO4. The smallest absolute Gasteiger partial charge is 0.330 e. The van der Waals surface area contributed by atoms with Crippen molar-refractivity contribution in [3.8, 4) is 0 Å². The van der Waals surface area contributed by atoms with Crippen molar-refractivity contribution in [1.29, 1.82) is 0 Å². The average Bonchev–Trinajstić information content (AvgIpc) is 2.14. The molecule has 0 saturated carbocycles. The van der Waals surface area contributed by atoms with E-state index in [0.29, 0.717) is 0 Å². The van der Waals surface area contributed by atoms with E-state index in [2.05, 4.69) is 23.6 Å². The lowest BCUT2D eigenvalue weighted by atomic mass is 10.5. The van der Waals surface area contributed by atoms with Crippen LogP contribution in [0.15, 0.2) is 25.3 Å². The second-order valence-corrected chi connectivity index (χ2v) is 2.12. The summed E-state index contributed by atoms with van der Waals surface area (Å²) >= 11 is 0. The van der Waals surface area contributed by atoms with Gasteiger partial charge < -0.3 is 10.5 Å². The average molecular weight is 199 g/mol. The molecule has 0 fully saturated rings. The summed E-state index contributed by atoms with van der Waals surface area (Å²) in [7, 11) is 0. The van der Waals surface area contributed by atoms with E-state index >= 15 is 0 Å². The fourth-order valence-electron chi connectivity index (χ4n) is 0.232. The monoisotopic (exact) mass is 199 g/mol. The van der Waals surface area contributed by atoms with Gasteiger partial charge in [-0.15, -0.1) is 0 Å². The summed E-state index contributed by atoms with van der Waals surface area (Å²) < 4.78 is 4.35. The van der Waals surface area contributed by atoms with Crippen molar-refractivity contribution < 1.29 is 19.1 Å². The number of ether oxygens (including phenoxy) is 1. The van der Waals surface area contributed by atoms with Gasteiger partial charge >= 0.3 is 5.97 Å². The predicted octanol–water partition coefficient (Wildman–Crippen LogP) is -0.0377. The first-order chi connectivity index (χ1) is 6.43. The normalized spacial score (nSPS) is 7.50. The molecule has 0 unspecified atom stereocenters. The summed E-state index contributed by atoms with van der Waals surface area (Å²) in [6.45, 7) is 7.42. The summed E-state index contributed by atoms with van der Waals surface area (Å²) in [6.07, 6.45) is 2.07. The van der Waals surface area contributed by atoms with E-state index in [-0.39, 0.29) is 12.4 Å². The number of ketones is 1. The molecule has 5 heteroatoms. The second-order valence-electron chi connectivity index (χ2n) is 2.12. The van der Waals surface area contributed by atoms with Gasteiger partial charge in [0.2, 0.25) is 5.91 Å². The maximum Gasteiger partial charge on any atom is 0.330 e. The van der Waals surface area contributed by atoms with Gasteiger partial charge in [-0.05, 0) is 13.0 Å². The van der Waals surface area contributed by atoms with Crippen LogP contribution < -0.4 is 5.73 Å². The highest BCUT2D eigenvalue weighted by Gasteiger charge is 1.96. The van der Waals surface area contributed by atoms with Crippen LogP contribution in [0, 0.1) is 0 Å². The molecule has 0 aliphatic heterocycles. The molecule has 0 rings (SSSR count). The molecule has 0 saturated heterocycles. The Hall–Kier alpha value is -1.91. The third kappa shape index (κ3) is 16.6. The minimum atomic E-state index is -0.565. The van der Waals surface area contributed by atoms with Gasteiger partial charge in [0.1, 0.15) is 6.61 Å². The standard InChI is InChI=1S/C6H8O3.C3H5NO/c1-3-6(8)9-4-5(2)7;1-2-3(4)5/h3H,1,4H2,2H3;2H,1H2,(H2,4,5). The lowest BCUT2D eigenvalue weighted by Gasteiger charge is -1.94. The number of carbonyl (C=O) groups excluding carboxylic acids is 3. The van der Waals surface area contributed by atoms with Gasteiger partial charge in [-0.25, -0.2) is 4.79 Å². The Bertz CT molecular complexity index is 245. The van der Waals surface area contributed by atoms with Crippen LogP contribution in [-0.2, 0) is 19.1 Å². The third-order valence-electron chi connectivity index (χ3n) is 0.786. The Morgan fingerprint density at radius 1 is 1.29 bits per heavy atom. The molecule has 0 aromatic rings. The van der Waals surface area contributed by atoms with Crippen molar-refractivity contribution in [3.05, 3.63) is 25.3 Å². The summed E-state index contributed by atoms with van der Waals surface area (Å²) in [5.41, 5.74) is 4.53. The highest BCUT2D eigenvalue weighted by Crippen LogP contribution is 1.78. The lowest BCUT2D eigenvalue weighted by molar-refractivity contribution is -0.142. The van der Waals surface area contributed by atoms with Crippen LogP contribution in [0.25, 0.3) is 0 Å². The SMILES string of the molecule is C=CC(=O)OCC(C)=O.C=CC(N)=O. The minimum absolute atomic E-state index is 0.162. The maximum absolute atomic E-state index is 10.2. The lowest BCUT2D eigenvalue weighted by Crippen LogP contribution is -2.08. The highest BCUT2D eigenvalue weighted by atomic mass is 16.5. The Labute approximate surface area is 82.2 Å². The quantitative estimate of drug-likeness (QED) is 0.508. The van der Waals surface area contributed by atoms with E-state index in [1.165, 1.54) is 6.92 Å². The summed E-state index contributed by atoms with van der Waals surface area (Å²) in [5.74, 6) is -1.22. The van der Waals surface area contributed by atoms with Gasteiger partial charge in [-0.1, -0.05) is 13.2 Å². The van der Waals surface area contributed by atoms with Crippen molar-refractivity contribution in [3.63, 3.8) is 0 Å². The number of esters is 1. The van der Waals surface area contributed by atoms with E-state index in [4.69, 9.17) is 0 Å². The number of Topliss-reactive ketones (excluding diaryl/α,β-unsaturated/α-hetero) is 1. The predicted molar refractivity (Wildman–Crippen MR) is 51.2 cm³/mol. The molecule has 1 amide bonds. The van der Waals surface area contributed by atoms with Gasteiger partial charge in [-0.3, -0.25) is 9.59 Å². The zero-order valence-electron chi connectivity index (χ0n) is 7.99. The van der Waals surface area contributed by atoms with Gasteiger partial charge in [0.25, 0.3) is 0 Å². The number of primary amides is 1. The number of amides is 1. The van der Waals surface area contributed by atoms with Crippen molar-refractivity contribution >= 4 is 17.7 Å². The molecule has 78 valence electrons. The molecule has 0 spiro atoms. The molecule has 0 aromatic carbocycles. The van der Waals surface area contributed by atoms with Crippen LogP contribution in [0.1, 0.15) is 6.92 Å². The number of hydrogen-bond acceptors (Lipinski definition) is 4. The number of hydrogen-bond donors (Lipinski definition) is 1. The van der Waals surface area contributed by atoms with Gasteiger partial charge in [0.15, 0.2) is 5.78 Å². The Kier molecular flexibility index (Phi) is 9.58. The third-order valence-corrected chi connectivity index (χ3v) is 0.786. The number of rotatable bonds is 4. The Balaban J connectivity index is 0.